The lowest BCUT2D eigenvalue weighted by molar-refractivity contribution is -0.128. The Morgan fingerprint density at radius 3 is 3.00 bits per heavy atom. The van der Waals surface area contributed by atoms with Crippen molar-refractivity contribution in [1.29, 1.82) is 0 Å². The second kappa shape index (κ2) is 8.57. The topological polar surface area (TPSA) is 45.9 Å². The molecule has 23 heavy (non-hydrogen) atoms. The molecular formula is C17H24N2O3S. The zero-order valence-corrected chi connectivity index (χ0v) is 14.2. The van der Waals surface area contributed by atoms with Gasteiger partial charge < -0.3 is 14.1 Å². The molecule has 0 aromatic carbocycles. The highest BCUT2D eigenvalue weighted by molar-refractivity contribution is 7.99. The molecule has 1 amide bonds. The quantitative estimate of drug-likeness (QED) is 0.787. The first-order chi connectivity index (χ1) is 11.3. The van der Waals surface area contributed by atoms with Crippen LogP contribution in [0.15, 0.2) is 28.9 Å². The van der Waals surface area contributed by atoms with Crippen LogP contribution in [0.2, 0.25) is 0 Å². The summed E-state index contributed by atoms with van der Waals surface area (Å²) in [6.07, 6.45) is 6.08. The van der Waals surface area contributed by atoms with E-state index in [0.717, 1.165) is 57.3 Å². The van der Waals surface area contributed by atoms with Gasteiger partial charge in [0.05, 0.1) is 25.5 Å². The summed E-state index contributed by atoms with van der Waals surface area (Å²) >= 11 is 1.96. The first-order valence-corrected chi connectivity index (χ1v) is 9.38. The number of nitrogens with zero attached hydrogens (tertiary/aromatic N) is 2. The predicted molar refractivity (Wildman–Crippen MR) is 92.4 cm³/mol. The smallest absolute Gasteiger partial charge is 0.247 e. The standard InChI is InChI=1S/C17H24N2O3S/c20-17(5-4-16-3-1-9-22-16)19-6-2-12-23-14-15(19)13-18-7-10-21-11-8-18/h1,3-5,9,15H,2,6-8,10-14H2. The van der Waals surface area contributed by atoms with E-state index in [0.29, 0.717) is 5.76 Å². The van der Waals surface area contributed by atoms with Crippen LogP contribution in [0, 0.1) is 0 Å². The Morgan fingerprint density at radius 2 is 2.22 bits per heavy atom. The van der Waals surface area contributed by atoms with Crippen LogP contribution in [0.1, 0.15) is 12.2 Å². The zero-order valence-electron chi connectivity index (χ0n) is 13.4. The molecule has 0 N–H and O–H groups in total. The fourth-order valence-electron chi connectivity index (χ4n) is 2.99. The number of rotatable bonds is 4. The maximum absolute atomic E-state index is 12.6. The molecule has 126 valence electrons. The van der Waals surface area contributed by atoms with Crippen molar-refractivity contribution in [2.75, 3.05) is 50.9 Å². The number of hydrogen-bond donors (Lipinski definition) is 0. The molecule has 2 saturated heterocycles. The average molecular weight is 336 g/mol. The summed E-state index contributed by atoms with van der Waals surface area (Å²) < 4.78 is 10.7. The number of amides is 1. The van der Waals surface area contributed by atoms with E-state index in [4.69, 9.17) is 9.15 Å². The van der Waals surface area contributed by atoms with Gasteiger partial charge in [0.1, 0.15) is 5.76 Å². The van der Waals surface area contributed by atoms with Crippen LogP contribution in [-0.4, -0.2) is 72.6 Å². The van der Waals surface area contributed by atoms with E-state index in [1.54, 1.807) is 18.4 Å². The first kappa shape index (κ1) is 16.6. The third-order valence-corrected chi connectivity index (χ3v) is 5.43. The van der Waals surface area contributed by atoms with Gasteiger partial charge in [-0.2, -0.15) is 11.8 Å². The fourth-order valence-corrected chi connectivity index (χ4v) is 4.04. The van der Waals surface area contributed by atoms with Crippen LogP contribution < -0.4 is 0 Å². The van der Waals surface area contributed by atoms with E-state index < -0.39 is 0 Å². The van der Waals surface area contributed by atoms with Crippen molar-refractivity contribution < 1.29 is 13.9 Å². The van der Waals surface area contributed by atoms with Crippen LogP contribution in [-0.2, 0) is 9.53 Å². The Kier molecular flexibility index (Phi) is 6.19. The Morgan fingerprint density at radius 1 is 1.35 bits per heavy atom. The molecule has 2 aliphatic rings. The van der Waals surface area contributed by atoms with Crippen LogP contribution >= 0.6 is 11.8 Å². The highest BCUT2D eigenvalue weighted by Crippen LogP contribution is 2.18. The van der Waals surface area contributed by atoms with Gasteiger partial charge in [0, 0.05) is 38.0 Å². The van der Waals surface area contributed by atoms with Gasteiger partial charge in [-0.3, -0.25) is 9.69 Å². The van der Waals surface area contributed by atoms with Gasteiger partial charge in [-0.1, -0.05) is 0 Å². The number of carbonyl (C=O) groups is 1. The summed E-state index contributed by atoms with van der Waals surface area (Å²) in [6, 6.07) is 3.95. The van der Waals surface area contributed by atoms with Crippen LogP contribution in [0.5, 0.6) is 0 Å². The Labute approximate surface area is 141 Å². The third-order valence-electron chi connectivity index (χ3n) is 4.23. The molecule has 0 bridgehead atoms. The SMILES string of the molecule is O=C(C=Cc1ccco1)N1CCCSCC1CN1CCOCC1. The van der Waals surface area contributed by atoms with Gasteiger partial charge in [0.25, 0.3) is 0 Å². The van der Waals surface area contributed by atoms with Gasteiger partial charge in [-0.05, 0) is 30.4 Å². The molecule has 0 spiro atoms. The largest absolute Gasteiger partial charge is 0.465 e. The van der Waals surface area contributed by atoms with Crippen molar-refractivity contribution in [1.82, 2.24) is 9.80 Å². The van der Waals surface area contributed by atoms with E-state index in [-0.39, 0.29) is 11.9 Å². The van der Waals surface area contributed by atoms with E-state index >= 15 is 0 Å². The molecule has 6 heteroatoms. The average Bonchev–Trinajstić information content (AvgIpc) is 2.99. The maximum Gasteiger partial charge on any atom is 0.247 e. The van der Waals surface area contributed by atoms with Crippen molar-refractivity contribution in [2.45, 2.75) is 12.5 Å². The normalized spacial score (nSPS) is 24.0. The summed E-state index contributed by atoms with van der Waals surface area (Å²) in [7, 11) is 0. The Bertz CT molecular complexity index is 512. The van der Waals surface area contributed by atoms with E-state index in [2.05, 4.69) is 4.90 Å². The molecule has 0 saturated carbocycles. The molecule has 1 unspecified atom stereocenters. The summed E-state index contributed by atoms with van der Waals surface area (Å²) in [5, 5.41) is 0. The van der Waals surface area contributed by atoms with Crippen molar-refractivity contribution in [3.8, 4) is 0 Å². The molecule has 1 aromatic rings. The number of carbonyl (C=O) groups excluding carboxylic acids is 1. The first-order valence-electron chi connectivity index (χ1n) is 8.23. The van der Waals surface area contributed by atoms with E-state index in [1.165, 1.54) is 0 Å². The minimum Gasteiger partial charge on any atom is -0.465 e. The summed E-state index contributed by atoms with van der Waals surface area (Å²) in [4.78, 5) is 17.1. The van der Waals surface area contributed by atoms with Crippen molar-refractivity contribution in [2.24, 2.45) is 0 Å². The molecule has 1 atom stereocenters. The van der Waals surface area contributed by atoms with E-state index in [9.17, 15) is 4.79 Å². The second-order valence-corrected chi connectivity index (χ2v) is 7.03. The minimum atomic E-state index is 0.0853. The van der Waals surface area contributed by atoms with Crippen LogP contribution in [0.4, 0.5) is 0 Å². The highest BCUT2D eigenvalue weighted by atomic mass is 32.2. The monoisotopic (exact) mass is 336 g/mol. The van der Waals surface area contributed by atoms with Gasteiger partial charge in [0.15, 0.2) is 0 Å². The highest BCUT2D eigenvalue weighted by Gasteiger charge is 2.27. The number of hydrogen-bond acceptors (Lipinski definition) is 5. The van der Waals surface area contributed by atoms with Gasteiger partial charge in [-0.25, -0.2) is 0 Å². The molecule has 5 nitrogen and oxygen atoms in total. The van der Waals surface area contributed by atoms with Gasteiger partial charge in [-0.15, -0.1) is 0 Å². The van der Waals surface area contributed by atoms with Crippen LogP contribution in [0.25, 0.3) is 6.08 Å². The Balaban J connectivity index is 1.63. The number of furan rings is 1. The molecule has 3 heterocycles. The molecule has 2 fully saturated rings. The molecular weight excluding hydrogens is 312 g/mol. The number of ether oxygens (including phenoxy) is 1. The van der Waals surface area contributed by atoms with Crippen LogP contribution in [0.3, 0.4) is 0 Å². The number of morpholine rings is 1. The molecule has 2 aliphatic heterocycles. The third kappa shape index (κ3) is 4.86. The summed E-state index contributed by atoms with van der Waals surface area (Å²) in [5.41, 5.74) is 0. The summed E-state index contributed by atoms with van der Waals surface area (Å²) in [5.74, 6) is 2.94. The Hall–Kier alpha value is -1.24. The van der Waals surface area contributed by atoms with E-state index in [1.807, 2.05) is 28.8 Å². The lowest BCUT2D eigenvalue weighted by atomic mass is 10.2. The molecule has 0 radical (unpaired) electrons. The van der Waals surface area contributed by atoms with Gasteiger partial charge >= 0.3 is 0 Å². The molecule has 0 aliphatic carbocycles. The zero-order chi connectivity index (χ0) is 15.9. The lowest BCUT2D eigenvalue weighted by Crippen LogP contribution is -2.50. The van der Waals surface area contributed by atoms with Crippen molar-refractivity contribution in [3.05, 3.63) is 30.2 Å². The summed E-state index contributed by atoms with van der Waals surface area (Å²) in [6.45, 7) is 5.30. The molecule has 3 rings (SSSR count). The molecule has 1 aromatic heterocycles. The predicted octanol–water partition coefficient (Wildman–Crippen LogP) is 1.96. The van der Waals surface area contributed by atoms with Gasteiger partial charge in [0.2, 0.25) is 5.91 Å². The van der Waals surface area contributed by atoms with Crippen molar-refractivity contribution in [3.63, 3.8) is 0 Å². The lowest BCUT2D eigenvalue weighted by Gasteiger charge is -2.35. The minimum absolute atomic E-state index is 0.0853. The van der Waals surface area contributed by atoms with Crippen molar-refractivity contribution >= 4 is 23.7 Å². The second-order valence-electron chi connectivity index (χ2n) is 5.88. The fraction of sp³-hybridized carbons (Fsp3) is 0.588. The number of thioether (sulfide) groups is 1. The maximum atomic E-state index is 12.6.